The van der Waals surface area contributed by atoms with Crippen molar-refractivity contribution in [1.29, 1.82) is 0 Å². The fraction of sp³-hybridized carbons (Fsp3) is 0.417. The minimum Gasteiger partial charge on any atom is -0.430 e. The van der Waals surface area contributed by atoms with Gasteiger partial charge >= 0.3 is 0 Å². The number of aromatic nitrogens is 1. The van der Waals surface area contributed by atoms with Gasteiger partial charge in [0.2, 0.25) is 0 Å². The summed E-state index contributed by atoms with van der Waals surface area (Å²) >= 11 is 0. The molecule has 1 N–H and O–H groups in total. The van der Waals surface area contributed by atoms with Crippen LogP contribution in [0.25, 0.3) is 11.1 Å². The molecule has 2 atom stereocenters. The third-order valence-corrected chi connectivity index (χ3v) is 4.54. The molecule has 106 valence electrons. The van der Waals surface area contributed by atoms with E-state index in [1.165, 1.54) is 18.2 Å². The van der Waals surface area contributed by atoms with Crippen molar-refractivity contribution in [2.24, 2.45) is 0 Å². The number of nitrogens with one attached hydrogen (secondary N) is 1. The van der Waals surface area contributed by atoms with Gasteiger partial charge in [0, 0.05) is 23.9 Å². The van der Waals surface area contributed by atoms with Crippen molar-refractivity contribution in [3.05, 3.63) is 28.3 Å². The molecule has 0 bridgehead atoms. The Morgan fingerprint density at radius 2 is 2.40 bits per heavy atom. The van der Waals surface area contributed by atoms with E-state index in [1.807, 2.05) is 0 Å². The van der Waals surface area contributed by atoms with Gasteiger partial charge in [-0.15, -0.1) is 0 Å². The summed E-state index contributed by atoms with van der Waals surface area (Å²) in [5.41, 5.74) is 0.723. The molecule has 0 radical (unpaired) electrons. The third kappa shape index (κ3) is 2.56. The van der Waals surface area contributed by atoms with Crippen LogP contribution in [0, 0.1) is 10.1 Å². The lowest BCUT2D eigenvalue weighted by molar-refractivity contribution is -0.384. The summed E-state index contributed by atoms with van der Waals surface area (Å²) in [5.74, 6) is 0.453. The molecule has 1 aromatic carbocycles. The van der Waals surface area contributed by atoms with Crippen molar-refractivity contribution in [3.63, 3.8) is 0 Å². The fourth-order valence-electron chi connectivity index (χ4n) is 2.26. The molecule has 1 aromatic heterocycles. The van der Waals surface area contributed by atoms with E-state index in [9.17, 15) is 14.3 Å². The van der Waals surface area contributed by atoms with E-state index in [2.05, 4.69) is 10.3 Å². The average Bonchev–Trinajstić information content (AvgIpc) is 3.05. The molecule has 20 heavy (non-hydrogen) atoms. The molecule has 1 aliphatic rings. The molecule has 0 unspecified atom stereocenters. The van der Waals surface area contributed by atoms with Crippen LogP contribution >= 0.6 is 0 Å². The van der Waals surface area contributed by atoms with Gasteiger partial charge in [0.25, 0.3) is 10.9 Å². The van der Waals surface area contributed by atoms with Gasteiger partial charge in [-0.2, -0.15) is 0 Å². The largest absolute Gasteiger partial charge is 0.430 e. The van der Waals surface area contributed by atoms with Crippen molar-refractivity contribution in [2.75, 3.05) is 12.3 Å². The second kappa shape index (κ2) is 5.29. The number of non-ortho nitro benzene ring substituents is 1. The summed E-state index contributed by atoms with van der Waals surface area (Å²) in [7, 11) is -1.33. The van der Waals surface area contributed by atoms with Crippen LogP contribution in [0.15, 0.2) is 27.8 Å². The standard InChI is InChI=1S/C12H13N3O4S/c16-15(17)9-3-4-11-10(6-9)14-12(19-11)20(18)7-8-2-1-5-13-8/h3-4,6,8,13H,1-2,5,7H2/t8-,20+/m1/s1. The number of fused-ring (bicyclic) bond motifs is 1. The smallest absolute Gasteiger partial charge is 0.287 e. The van der Waals surface area contributed by atoms with Crippen LogP contribution in [0.4, 0.5) is 5.69 Å². The van der Waals surface area contributed by atoms with Crippen molar-refractivity contribution in [1.82, 2.24) is 10.3 Å². The number of hydrogen-bond donors (Lipinski definition) is 1. The van der Waals surface area contributed by atoms with Gasteiger partial charge in [-0.05, 0) is 25.5 Å². The van der Waals surface area contributed by atoms with Crippen LogP contribution < -0.4 is 5.32 Å². The molecule has 1 fully saturated rings. The topological polar surface area (TPSA) is 98.3 Å². The lowest BCUT2D eigenvalue weighted by atomic mass is 10.3. The predicted octanol–water partition coefficient (Wildman–Crippen LogP) is 1.60. The third-order valence-electron chi connectivity index (χ3n) is 3.27. The maximum absolute atomic E-state index is 12.2. The van der Waals surface area contributed by atoms with Gasteiger partial charge in [0.1, 0.15) is 16.3 Å². The Balaban J connectivity index is 1.84. The van der Waals surface area contributed by atoms with Gasteiger partial charge in [-0.1, -0.05) is 0 Å². The van der Waals surface area contributed by atoms with E-state index < -0.39 is 15.7 Å². The Morgan fingerprint density at radius 1 is 1.55 bits per heavy atom. The minimum absolute atomic E-state index is 0.0550. The highest BCUT2D eigenvalue weighted by atomic mass is 32.2. The van der Waals surface area contributed by atoms with E-state index in [4.69, 9.17) is 4.42 Å². The van der Waals surface area contributed by atoms with Crippen LogP contribution in [-0.2, 0) is 10.8 Å². The monoisotopic (exact) mass is 295 g/mol. The van der Waals surface area contributed by atoms with Crippen molar-refractivity contribution in [3.8, 4) is 0 Å². The Labute approximate surface area is 117 Å². The van der Waals surface area contributed by atoms with E-state index in [0.29, 0.717) is 16.9 Å². The first-order valence-corrected chi connectivity index (χ1v) is 7.62. The van der Waals surface area contributed by atoms with Crippen LogP contribution in [-0.4, -0.2) is 32.5 Å². The predicted molar refractivity (Wildman–Crippen MR) is 73.0 cm³/mol. The molecule has 3 rings (SSSR count). The Hall–Kier alpha value is -1.80. The van der Waals surface area contributed by atoms with E-state index in [0.717, 1.165) is 19.4 Å². The number of nitro groups is 1. The first kappa shape index (κ1) is 13.2. The van der Waals surface area contributed by atoms with Gasteiger partial charge in [0.15, 0.2) is 5.58 Å². The van der Waals surface area contributed by atoms with Crippen molar-refractivity contribution < 1.29 is 13.5 Å². The van der Waals surface area contributed by atoms with E-state index >= 15 is 0 Å². The van der Waals surface area contributed by atoms with Gasteiger partial charge < -0.3 is 9.73 Å². The zero-order valence-corrected chi connectivity index (χ0v) is 11.4. The number of hydrogen-bond acceptors (Lipinski definition) is 6. The molecule has 1 aliphatic heterocycles. The van der Waals surface area contributed by atoms with Crippen molar-refractivity contribution >= 4 is 27.6 Å². The highest BCUT2D eigenvalue weighted by molar-refractivity contribution is 7.84. The minimum atomic E-state index is -1.33. The Morgan fingerprint density at radius 3 is 3.10 bits per heavy atom. The summed E-state index contributed by atoms with van der Waals surface area (Å²) in [4.78, 5) is 14.3. The second-order valence-electron chi connectivity index (χ2n) is 4.69. The first-order valence-electron chi connectivity index (χ1n) is 6.30. The highest BCUT2D eigenvalue weighted by Gasteiger charge is 2.21. The molecule has 8 heteroatoms. The summed E-state index contributed by atoms with van der Waals surface area (Å²) in [6, 6.07) is 4.38. The Bertz CT molecular complexity index is 678. The molecule has 1 saturated heterocycles. The van der Waals surface area contributed by atoms with E-state index in [1.54, 1.807) is 0 Å². The molecule has 0 aliphatic carbocycles. The zero-order chi connectivity index (χ0) is 14.1. The lowest BCUT2D eigenvalue weighted by Gasteiger charge is -2.06. The second-order valence-corrected chi connectivity index (χ2v) is 6.07. The van der Waals surface area contributed by atoms with Crippen LogP contribution in [0.1, 0.15) is 12.8 Å². The Kier molecular flexibility index (Phi) is 3.49. The first-order chi connectivity index (χ1) is 9.63. The normalized spacial score (nSPS) is 20.3. The molecule has 0 saturated carbocycles. The maximum Gasteiger partial charge on any atom is 0.287 e. The van der Waals surface area contributed by atoms with Crippen LogP contribution in [0.5, 0.6) is 0 Å². The maximum atomic E-state index is 12.2. The highest BCUT2D eigenvalue weighted by Crippen LogP contribution is 2.23. The van der Waals surface area contributed by atoms with Gasteiger partial charge in [-0.3, -0.25) is 10.1 Å². The number of nitro benzene ring substituents is 1. The van der Waals surface area contributed by atoms with Gasteiger partial charge in [-0.25, -0.2) is 9.19 Å². The molecular weight excluding hydrogens is 282 g/mol. The van der Waals surface area contributed by atoms with Crippen LogP contribution in [0.2, 0.25) is 0 Å². The molecular formula is C12H13N3O4S. The van der Waals surface area contributed by atoms with E-state index in [-0.39, 0.29) is 17.0 Å². The van der Waals surface area contributed by atoms with Gasteiger partial charge in [0.05, 0.1) is 4.92 Å². The quantitative estimate of drug-likeness (QED) is 0.679. The SMILES string of the molecule is O=[N+]([O-])c1ccc2oc([S@@](=O)C[C@H]3CCCN3)nc2c1. The summed E-state index contributed by atoms with van der Waals surface area (Å²) in [6.45, 7) is 0.946. The number of rotatable bonds is 4. The number of benzene rings is 1. The molecule has 0 spiro atoms. The van der Waals surface area contributed by atoms with Crippen LogP contribution in [0.3, 0.4) is 0 Å². The molecule has 2 heterocycles. The number of nitrogens with zero attached hydrogens (tertiary/aromatic N) is 2. The molecule has 0 amide bonds. The fourth-order valence-corrected chi connectivity index (χ4v) is 3.43. The van der Waals surface area contributed by atoms with Crippen molar-refractivity contribution in [2.45, 2.75) is 24.1 Å². The molecule has 2 aromatic rings. The summed E-state index contributed by atoms with van der Waals surface area (Å²) in [5, 5.41) is 14.1. The summed E-state index contributed by atoms with van der Waals surface area (Å²) < 4.78 is 17.6. The lowest BCUT2D eigenvalue weighted by Crippen LogP contribution is -2.27. The summed E-state index contributed by atoms with van der Waals surface area (Å²) in [6.07, 6.45) is 2.08. The molecule has 7 nitrogen and oxygen atoms in total. The average molecular weight is 295 g/mol. The zero-order valence-electron chi connectivity index (χ0n) is 10.6. The number of oxazole rings is 1.